The largest absolute Gasteiger partial charge is 0.379 e. The van der Waals surface area contributed by atoms with Crippen LogP contribution in [0.1, 0.15) is 12.2 Å². The third-order valence-electron chi connectivity index (χ3n) is 5.26. The molecule has 2 aromatic heterocycles. The fourth-order valence-corrected chi connectivity index (χ4v) is 4.99. The topological polar surface area (TPSA) is 101 Å². The summed E-state index contributed by atoms with van der Waals surface area (Å²) in [7, 11) is -1.29. The molecule has 0 aliphatic carbocycles. The van der Waals surface area contributed by atoms with Gasteiger partial charge in [0.25, 0.3) is 0 Å². The second-order valence-corrected chi connectivity index (χ2v) is 9.89. The van der Waals surface area contributed by atoms with E-state index in [0.717, 1.165) is 30.5 Å². The number of ether oxygens (including phenoxy) is 1. The van der Waals surface area contributed by atoms with Crippen molar-refractivity contribution in [2.75, 3.05) is 64.1 Å². The fourth-order valence-electron chi connectivity index (χ4n) is 3.51. The molecule has 0 radical (unpaired) electrons. The number of nitrogens with one attached hydrogen (secondary N) is 1. The van der Waals surface area contributed by atoms with Crippen molar-refractivity contribution in [2.24, 2.45) is 0 Å². The summed E-state index contributed by atoms with van der Waals surface area (Å²) < 4.78 is 31.9. The number of pyridine rings is 1. The zero-order chi connectivity index (χ0) is 21.1. The van der Waals surface area contributed by atoms with E-state index in [0.29, 0.717) is 48.6 Å². The first-order chi connectivity index (χ1) is 14.4. The van der Waals surface area contributed by atoms with Crippen molar-refractivity contribution in [3.63, 3.8) is 0 Å². The summed E-state index contributed by atoms with van der Waals surface area (Å²) in [4.78, 5) is 15.7. The highest BCUT2D eigenvalue weighted by atomic mass is 35.5. The van der Waals surface area contributed by atoms with Crippen LogP contribution in [-0.2, 0) is 14.8 Å². The summed E-state index contributed by atoms with van der Waals surface area (Å²) in [6.45, 7) is 3.67. The van der Waals surface area contributed by atoms with E-state index < -0.39 is 10.0 Å². The third-order valence-corrected chi connectivity index (χ3v) is 7.34. The zero-order valence-electron chi connectivity index (χ0n) is 16.8. The number of nitrogens with zero attached hydrogens (tertiary/aromatic N) is 5. The lowest BCUT2D eigenvalue weighted by Gasteiger charge is -2.26. The van der Waals surface area contributed by atoms with Crippen LogP contribution >= 0.6 is 11.6 Å². The summed E-state index contributed by atoms with van der Waals surface area (Å²) in [6.07, 6.45) is 4.60. The maximum Gasteiger partial charge on any atom is 0.215 e. The van der Waals surface area contributed by atoms with Crippen molar-refractivity contribution in [3.05, 3.63) is 29.3 Å². The van der Waals surface area contributed by atoms with Crippen LogP contribution in [0.3, 0.4) is 0 Å². The minimum atomic E-state index is -3.36. The molecule has 1 fully saturated rings. The van der Waals surface area contributed by atoms with Gasteiger partial charge in [-0.15, -0.1) is 0 Å². The molecule has 162 valence electrons. The molecule has 2 aliphatic rings. The van der Waals surface area contributed by atoms with Gasteiger partial charge in [0, 0.05) is 38.1 Å². The first-order valence-electron chi connectivity index (χ1n) is 9.93. The standard InChI is InChI=1S/C19H25ClN6O3S/c1-25-5-2-14(3-6-25)18-23-16-13-22-17(20)12-15(16)19(24-18)21-4-11-30(27,28)26-7-9-29-10-8-26/h2,12-13H,3-11H2,1H3,(H,21,23,24). The van der Waals surface area contributed by atoms with Gasteiger partial charge >= 0.3 is 0 Å². The number of fused-ring (bicyclic) bond motifs is 1. The smallest absolute Gasteiger partial charge is 0.215 e. The first kappa shape index (κ1) is 21.4. The highest BCUT2D eigenvalue weighted by Gasteiger charge is 2.24. The number of rotatable bonds is 6. The molecular weight excluding hydrogens is 428 g/mol. The minimum absolute atomic E-state index is 0.0276. The van der Waals surface area contributed by atoms with E-state index in [1.165, 1.54) is 4.31 Å². The van der Waals surface area contributed by atoms with Crippen LogP contribution in [0.25, 0.3) is 16.5 Å². The van der Waals surface area contributed by atoms with Crippen molar-refractivity contribution in [2.45, 2.75) is 6.42 Å². The molecule has 0 aromatic carbocycles. The molecular formula is C19H25ClN6O3S. The van der Waals surface area contributed by atoms with Gasteiger partial charge in [0.15, 0.2) is 5.82 Å². The van der Waals surface area contributed by atoms with Gasteiger partial charge in [0.2, 0.25) is 10.0 Å². The number of likely N-dealkylation sites (N-methyl/N-ethyl adjacent to an activating group) is 1. The lowest BCUT2D eigenvalue weighted by Crippen LogP contribution is -2.42. The van der Waals surface area contributed by atoms with Gasteiger partial charge in [-0.2, -0.15) is 4.31 Å². The minimum Gasteiger partial charge on any atom is -0.379 e. The van der Waals surface area contributed by atoms with Gasteiger partial charge in [-0.05, 0) is 25.1 Å². The summed E-state index contributed by atoms with van der Waals surface area (Å²) in [5.41, 5.74) is 1.75. The number of hydrogen-bond donors (Lipinski definition) is 1. The van der Waals surface area contributed by atoms with E-state index in [4.69, 9.17) is 21.3 Å². The first-order valence-corrected chi connectivity index (χ1v) is 11.9. The van der Waals surface area contributed by atoms with Crippen molar-refractivity contribution in [3.8, 4) is 0 Å². The van der Waals surface area contributed by atoms with Gasteiger partial charge in [-0.25, -0.2) is 23.4 Å². The van der Waals surface area contributed by atoms with Gasteiger partial charge in [-0.3, -0.25) is 0 Å². The Kier molecular flexibility index (Phi) is 6.49. The average Bonchev–Trinajstić information content (AvgIpc) is 2.75. The van der Waals surface area contributed by atoms with Crippen molar-refractivity contribution >= 4 is 43.9 Å². The molecule has 0 amide bonds. The summed E-state index contributed by atoms with van der Waals surface area (Å²) in [5.74, 6) is 1.18. The number of anilines is 1. The number of aromatic nitrogens is 3. The van der Waals surface area contributed by atoms with E-state index in [1.54, 1.807) is 12.3 Å². The Labute approximate surface area is 181 Å². The number of sulfonamides is 1. The second kappa shape index (κ2) is 9.11. The summed E-state index contributed by atoms with van der Waals surface area (Å²) >= 11 is 6.08. The summed E-state index contributed by atoms with van der Waals surface area (Å²) in [6, 6.07) is 1.70. The molecule has 2 aromatic rings. The highest BCUT2D eigenvalue weighted by molar-refractivity contribution is 7.89. The molecule has 30 heavy (non-hydrogen) atoms. The molecule has 0 atom stereocenters. The molecule has 2 aliphatic heterocycles. The van der Waals surface area contributed by atoms with Crippen LogP contribution in [0.2, 0.25) is 5.15 Å². The van der Waals surface area contributed by atoms with Crippen LogP contribution in [0.5, 0.6) is 0 Å². The molecule has 0 saturated carbocycles. The molecule has 0 unspecified atom stereocenters. The van der Waals surface area contributed by atoms with E-state index >= 15 is 0 Å². The van der Waals surface area contributed by atoms with Crippen LogP contribution in [-0.4, -0.2) is 91.3 Å². The molecule has 0 spiro atoms. The Hall–Kier alpha value is -1.85. The second-order valence-electron chi connectivity index (χ2n) is 7.42. The normalized spacial score (nSPS) is 19.1. The Bertz CT molecular complexity index is 1060. The molecule has 4 heterocycles. The SMILES string of the molecule is CN1CC=C(c2nc(NCCS(=O)(=O)N3CCOCC3)c3cc(Cl)ncc3n2)CC1. The van der Waals surface area contributed by atoms with Crippen LogP contribution in [0, 0.1) is 0 Å². The van der Waals surface area contributed by atoms with Crippen molar-refractivity contribution in [1.82, 2.24) is 24.2 Å². The number of morpholine rings is 1. The lowest BCUT2D eigenvalue weighted by atomic mass is 10.1. The summed E-state index contributed by atoms with van der Waals surface area (Å²) in [5, 5.41) is 4.24. The molecule has 4 rings (SSSR count). The maximum absolute atomic E-state index is 12.6. The molecule has 1 N–H and O–H groups in total. The number of halogens is 1. The van der Waals surface area contributed by atoms with E-state index in [1.807, 2.05) is 0 Å². The fraction of sp³-hybridized carbons (Fsp3) is 0.526. The van der Waals surface area contributed by atoms with Gasteiger partial charge in [-0.1, -0.05) is 17.7 Å². The molecule has 11 heteroatoms. The zero-order valence-corrected chi connectivity index (χ0v) is 18.4. The Balaban J connectivity index is 1.56. The van der Waals surface area contributed by atoms with Gasteiger partial charge in [0.1, 0.15) is 11.0 Å². The predicted molar refractivity (Wildman–Crippen MR) is 117 cm³/mol. The van der Waals surface area contributed by atoms with E-state index in [9.17, 15) is 8.42 Å². The quantitative estimate of drug-likeness (QED) is 0.657. The average molecular weight is 453 g/mol. The lowest BCUT2D eigenvalue weighted by molar-refractivity contribution is 0.0731. The highest BCUT2D eigenvalue weighted by Crippen LogP contribution is 2.27. The van der Waals surface area contributed by atoms with Crippen LogP contribution < -0.4 is 5.32 Å². The van der Waals surface area contributed by atoms with E-state index in [2.05, 4.69) is 33.3 Å². The molecule has 0 bridgehead atoms. The maximum atomic E-state index is 12.6. The van der Waals surface area contributed by atoms with Crippen molar-refractivity contribution < 1.29 is 13.2 Å². The molecule has 9 nitrogen and oxygen atoms in total. The van der Waals surface area contributed by atoms with Crippen LogP contribution in [0.15, 0.2) is 18.3 Å². The Morgan fingerprint density at radius 1 is 1.23 bits per heavy atom. The Morgan fingerprint density at radius 3 is 2.77 bits per heavy atom. The monoisotopic (exact) mass is 452 g/mol. The molecule has 1 saturated heterocycles. The van der Waals surface area contributed by atoms with Crippen LogP contribution in [0.4, 0.5) is 5.82 Å². The van der Waals surface area contributed by atoms with Gasteiger partial charge < -0.3 is 15.0 Å². The van der Waals surface area contributed by atoms with Crippen molar-refractivity contribution in [1.29, 1.82) is 0 Å². The third kappa shape index (κ3) is 4.89. The number of hydrogen-bond acceptors (Lipinski definition) is 8. The van der Waals surface area contributed by atoms with E-state index in [-0.39, 0.29) is 12.3 Å². The predicted octanol–water partition coefficient (Wildman–Crippen LogP) is 1.47. The van der Waals surface area contributed by atoms with Gasteiger partial charge in [0.05, 0.1) is 30.7 Å². The Morgan fingerprint density at radius 2 is 2.03 bits per heavy atom.